The summed E-state index contributed by atoms with van der Waals surface area (Å²) in [7, 11) is 1.54. The molecule has 4 saturated heterocycles. The number of nitrogens with one attached hydrogen (secondary N) is 3. The van der Waals surface area contributed by atoms with Gasteiger partial charge in [-0.1, -0.05) is 0 Å². The number of likely N-dealkylation sites (tertiary alicyclic amines) is 1. The summed E-state index contributed by atoms with van der Waals surface area (Å²) in [6.45, 7) is 6.80. The van der Waals surface area contributed by atoms with Gasteiger partial charge in [-0.3, -0.25) is 29.2 Å². The first-order valence-corrected chi connectivity index (χ1v) is 19.8. The number of aromatic nitrogens is 3. The molecule has 2 aromatic carbocycles. The predicted molar refractivity (Wildman–Crippen MR) is 211 cm³/mol. The lowest BCUT2D eigenvalue weighted by Gasteiger charge is -2.38. The van der Waals surface area contributed by atoms with Gasteiger partial charge in [-0.15, -0.1) is 0 Å². The van der Waals surface area contributed by atoms with Gasteiger partial charge in [0.15, 0.2) is 5.69 Å². The van der Waals surface area contributed by atoms with E-state index in [4.69, 9.17) is 20.0 Å². The summed E-state index contributed by atoms with van der Waals surface area (Å²) in [4.78, 5) is 61.0. The van der Waals surface area contributed by atoms with Crippen LogP contribution >= 0.6 is 0 Å². The fourth-order valence-corrected chi connectivity index (χ4v) is 8.58. The number of nitrogen functional groups attached to an aromatic ring is 1. The highest BCUT2D eigenvalue weighted by Gasteiger charge is 2.30. The summed E-state index contributed by atoms with van der Waals surface area (Å²) >= 11 is 0. The van der Waals surface area contributed by atoms with E-state index in [2.05, 4.69) is 52.6 Å². The maximum atomic E-state index is 13.1. The van der Waals surface area contributed by atoms with Crippen molar-refractivity contribution in [2.75, 3.05) is 73.8 Å². The minimum absolute atomic E-state index is 0.0415. The number of fused-ring (bicyclic) bond motifs is 1. The summed E-state index contributed by atoms with van der Waals surface area (Å²) in [6, 6.07) is 9.22. The Bertz CT molecular complexity index is 2090. The number of piperidine rings is 4. The van der Waals surface area contributed by atoms with Crippen LogP contribution in [0.2, 0.25) is 0 Å². The fraction of sp³-hybridized carbons (Fsp3) is 0.500. The maximum Gasteiger partial charge on any atom is 0.292 e. The number of hydrogen-bond donors (Lipinski definition) is 4. The molecular formula is C40H50N10O6. The average Bonchev–Trinajstić information content (AvgIpc) is 3.85. The van der Waals surface area contributed by atoms with Crippen LogP contribution in [0.3, 0.4) is 0 Å². The molecule has 4 amide bonds. The van der Waals surface area contributed by atoms with Crippen LogP contribution in [-0.4, -0.2) is 102 Å². The molecule has 16 heteroatoms. The minimum Gasteiger partial charge on any atom is -0.496 e. The van der Waals surface area contributed by atoms with Crippen LogP contribution in [0.15, 0.2) is 47.2 Å². The Morgan fingerprint density at radius 2 is 1.73 bits per heavy atom. The molecule has 4 aromatic rings. The maximum absolute atomic E-state index is 13.1. The van der Waals surface area contributed by atoms with Crippen LogP contribution in [0, 0.1) is 5.92 Å². The largest absolute Gasteiger partial charge is 0.496 e. The molecule has 4 aliphatic rings. The molecule has 2 aromatic heterocycles. The number of rotatable bonds is 10. The number of benzene rings is 2. The molecule has 4 aliphatic heterocycles. The first-order valence-electron chi connectivity index (χ1n) is 19.8. The van der Waals surface area contributed by atoms with Crippen LogP contribution in [0.1, 0.15) is 84.7 Å². The number of nitrogens with two attached hydrogens (primary N) is 1. The van der Waals surface area contributed by atoms with E-state index in [1.165, 1.54) is 19.8 Å². The lowest BCUT2D eigenvalue weighted by atomic mass is 9.94. The summed E-state index contributed by atoms with van der Waals surface area (Å²) in [5.41, 5.74) is 9.75. The molecular weight excluding hydrogens is 717 g/mol. The smallest absolute Gasteiger partial charge is 0.292 e. The van der Waals surface area contributed by atoms with E-state index < -0.39 is 17.9 Å². The van der Waals surface area contributed by atoms with Crippen molar-refractivity contribution in [1.29, 1.82) is 0 Å². The Labute approximate surface area is 325 Å². The monoisotopic (exact) mass is 766 g/mol. The van der Waals surface area contributed by atoms with Crippen LogP contribution in [0.25, 0.3) is 10.9 Å². The highest BCUT2D eigenvalue weighted by molar-refractivity contribution is 6.07. The molecule has 0 radical (unpaired) electrons. The molecule has 8 rings (SSSR count). The second-order valence-corrected chi connectivity index (χ2v) is 15.4. The molecule has 0 bridgehead atoms. The Kier molecular flexibility index (Phi) is 10.8. The van der Waals surface area contributed by atoms with Crippen molar-refractivity contribution < 1.29 is 28.3 Å². The van der Waals surface area contributed by atoms with E-state index in [1.54, 1.807) is 6.07 Å². The molecule has 6 heterocycles. The second kappa shape index (κ2) is 16.2. The van der Waals surface area contributed by atoms with Crippen molar-refractivity contribution in [3.8, 4) is 5.75 Å². The normalized spacial score (nSPS) is 20.3. The summed E-state index contributed by atoms with van der Waals surface area (Å²) in [6.07, 6.45) is 11.5. The van der Waals surface area contributed by atoms with Crippen molar-refractivity contribution in [2.45, 2.75) is 69.9 Å². The minimum atomic E-state index is -0.748. The highest BCUT2D eigenvalue weighted by atomic mass is 16.5. The number of anilines is 4. The Balaban J connectivity index is 0.848. The first-order chi connectivity index (χ1) is 27.2. The van der Waals surface area contributed by atoms with E-state index in [0.29, 0.717) is 23.3 Å². The van der Waals surface area contributed by atoms with Crippen molar-refractivity contribution in [3.63, 3.8) is 0 Å². The number of imide groups is 1. The molecule has 0 saturated carbocycles. The number of hydrogen-bond acceptors (Lipinski definition) is 12. The Hall–Kier alpha value is -5.64. The number of carbonyl (C=O) groups excluding carboxylic acids is 4. The number of carbonyl (C=O) groups is 4. The van der Waals surface area contributed by atoms with Crippen LogP contribution < -0.4 is 36.2 Å². The quantitative estimate of drug-likeness (QED) is 0.170. The standard InChI is InChI=1S/C40H50N10O6/c1-55-35-20-28(5-6-29(35)37(52)42-30-7-8-36(51)45-38(30)53)48-17-9-25(10-18-48)22-47-15-11-27(12-16-47)50-23-26-19-32(43-39(54)33-24-56-40(41)44-33)34(21-31(26)46-50)49-13-3-2-4-14-49/h5-6,19-21,23-25,27,30H,2-4,7-18,22H2,1H3,(H2,41,44)(H,42,52)(H,43,54)(H,45,51,53)/t30-/m0/s1. The number of amides is 4. The SMILES string of the molecule is COc1cc(N2CCC(CN3CCC(n4cc5cc(NC(=O)c6coc(N)n6)c(N6CCCCC6)cc5n4)CC3)CC2)ccc1C(=O)N[C@H]1CCC(=O)NC1=O. The third kappa shape index (κ3) is 8.15. The van der Waals surface area contributed by atoms with E-state index in [1.807, 2.05) is 18.2 Å². The Morgan fingerprint density at radius 1 is 0.946 bits per heavy atom. The number of ether oxygens (including phenoxy) is 1. The van der Waals surface area contributed by atoms with Gasteiger partial charge < -0.3 is 40.2 Å². The fourth-order valence-electron chi connectivity index (χ4n) is 8.58. The topological polar surface area (TPSA) is 193 Å². The van der Waals surface area contributed by atoms with E-state index >= 15 is 0 Å². The third-order valence-electron chi connectivity index (χ3n) is 11.7. The second-order valence-electron chi connectivity index (χ2n) is 15.4. The first kappa shape index (κ1) is 37.3. The zero-order valence-corrected chi connectivity index (χ0v) is 31.8. The lowest BCUT2D eigenvalue weighted by molar-refractivity contribution is -0.134. The molecule has 4 fully saturated rings. The molecule has 0 aliphatic carbocycles. The predicted octanol–water partition coefficient (Wildman–Crippen LogP) is 3.95. The zero-order valence-electron chi connectivity index (χ0n) is 31.8. The van der Waals surface area contributed by atoms with Gasteiger partial charge in [0, 0.05) is 75.6 Å². The van der Waals surface area contributed by atoms with Crippen LogP contribution in [0.5, 0.6) is 5.75 Å². The van der Waals surface area contributed by atoms with Crippen LogP contribution in [0.4, 0.5) is 23.1 Å². The average molecular weight is 767 g/mol. The van der Waals surface area contributed by atoms with Gasteiger partial charge in [-0.25, -0.2) is 0 Å². The third-order valence-corrected chi connectivity index (χ3v) is 11.7. The van der Waals surface area contributed by atoms with Gasteiger partial charge in [-0.05, 0) is 81.5 Å². The summed E-state index contributed by atoms with van der Waals surface area (Å²) in [5.74, 6) is -0.521. The van der Waals surface area contributed by atoms with E-state index in [0.717, 1.165) is 112 Å². The lowest BCUT2D eigenvalue weighted by Crippen LogP contribution is -2.52. The van der Waals surface area contributed by atoms with Gasteiger partial charge in [-0.2, -0.15) is 10.1 Å². The highest BCUT2D eigenvalue weighted by Crippen LogP contribution is 2.35. The number of oxazole rings is 1. The molecule has 1 atom stereocenters. The van der Waals surface area contributed by atoms with Gasteiger partial charge in [0.25, 0.3) is 17.8 Å². The zero-order chi connectivity index (χ0) is 38.8. The van der Waals surface area contributed by atoms with Crippen molar-refractivity contribution in [2.24, 2.45) is 5.92 Å². The molecule has 56 heavy (non-hydrogen) atoms. The van der Waals surface area contributed by atoms with Crippen molar-refractivity contribution in [3.05, 3.63) is 54.0 Å². The molecule has 16 nitrogen and oxygen atoms in total. The molecule has 296 valence electrons. The van der Waals surface area contributed by atoms with Gasteiger partial charge in [0.2, 0.25) is 11.8 Å². The van der Waals surface area contributed by atoms with Gasteiger partial charge in [0.05, 0.1) is 35.6 Å². The van der Waals surface area contributed by atoms with Crippen LogP contribution in [-0.2, 0) is 9.59 Å². The van der Waals surface area contributed by atoms with Gasteiger partial charge in [0.1, 0.15) is 18.1 Å². The number of methoxy groups -OCH3 is 1. The van der Waals surface area contributed by atoms with Crippen molar-refractivity contribution in [1.82, 2.24) is 30.3 Å². The Morgan fingerprint density at radius 3 is 2.45 bits per heavy atom. The van der Waals surface area contributed by atoms with Gasteiger partial charge >= 0.3 is 0 Å². The van der Waals surface area contributed by atoms with E-state index in [-0.39, 0.29) is 36.4 Å². The van der Waals surface area contributed by atoms with Crippen molar-refractivity contribution >= 4 is 57.6 Å². The number of nitrogens with zero attached hydrogens (tertiary/aromatic N) is 6. The molecule has 0 spiro atoms. The molecule has 5 N–H and O–H groups in total. The summed E-state index contributed by atoms with van der Waals surface area (Å²) < 4.78 is 12.8. The molecule has 0 unspecified atom stereocenters. The summed E-state index contributed by atoms with van der Waals surface area (Å²) in [5, 5.41) is 14.1. The van der Waals surface area contributed by atoms with E-state index in [9.17, 15) is 19.2 Å².